The van der Waals surface area contributed by atoms with E-state index in [0.29, 0.717) is 44.1 Å². The largest absolute Gasteiger partial charge is 0.491 e. The molecule has 0 radical (unpaired) electrons. The van der Waals surface area contributed by atoms with Crippen LogP contribution in [0.15, 0.2) is 52.9 Å². The molecule has 30 heavy (non-hydrogen) atoms. The fraction of sp³-hybridized carbons (Fsp3) is 0.273. The first-order chi connectivity index (χ1) is 14.1. The van der Waals surface area contributed by atoms with Crippen LogP contribution in [0.1, 0.15) is 33.3 Å². The molecule has 0 unspecified atom stereocenters. The fourth-order valence-electron chi connectivity index (χ4n) is 3.41. The van der Waals surface area contributed by atoms with Crippen LogP contribution < -0.4 is 10.5 Å². The molecular formula is C22H23ClFN3O3. The van der Waals surface area contributed by atoms with Crippen molar-refractivity contribution in [3.05, 3.63) is 82.8 Å². The molecule has 8 heteroatoms. The maximum absolute atomic E-state index is 13.8. The van der Waals surface area contributed by atoms with Gasteiger partial charge in [-0.3, -0.25) is 4.79 Å². The number of aromatic nitrogens is 1. The van der Waals surface area contributed by atoms with Crippen molar-refractivity contribution in [2.45, 2.75) is 19.4 Å². The highest BCUT2D eigenvalue weighted by atomic mass is 35.5. The lowest BCUT2D eigenvalue weighted by Crippen LogP contribution is -2.36. The molecule has 1 aromatic heterocycles. The zero-order chi connectivity index (χ0) is 20.2. The van der Waals surface area contributed by atoms with E-state index in [-0.39, 0.29) is 30.5 Å². The molecule has 1 aliphatic rings. The number of hydrogen-bond donors (Lipinski definition) is 1. The number of nitrogens with zero attached hydrogens (tertiary/aromatic N) is 2. The van der Waals surface area contributed by atoms with Crippen molar-refractivity contribution in [1.82, 2.24) is 9.88 Å². The van der Waals surface area contributed by atoms with E-state index in [0.717, 1.165) is 17.0 Å². The van der Waals surface area contributed by atoms with Gasteiger partial charge in [-0.2, -0.15) is 0 Å². The van der Waals surface area contributed by atoms with Crippen LogP contribution in [0.2, 0.25) is 0 Å². The number of halogens is 2. The number of carbonyl (C=O) groups excluding carboxylic acids is 1. The molecule has 0 fully saturated rings. The van der Waals surface area contributed by atoms with Crippen LogP contribution in [0.5, 0.6) is 5.75 Å². The molecule has 2 aromatic carbocycles. The van der Waals surface area contributed by atoms with E-state index < -0.39 is 5.82 Å². The summed E-state index contributed by atoms with van der Waals surface area (Å²) in [5.41, 5.74) is 7.52. The lowest BCUT2D eigenvalue weighted by atomic mass is 10.1. The zero-order valence-electron chi connectivity index (χ0n) is 16.3. The van der Waals surface area contributed by atoms with Gasteiger partial charge in [-0.1, -0.05) is 30.3 Å². The minimum atomic E-state index is -0.488. The number of ether oxygens (including phenoxy) is 1. The van der Waals surface area contributed by atoms with E-state index >= 15 is 0 Å². The van der Waals surface area contributed by atoms with Gasteiger partial charge in [0.05, 0.1) is 12.1 Å². The third kappa shape index (κ3) is 4.80. The first kappa shape index (κ1) is 21.8. The average molecular weight is 432 g/mol. The predicted octanol–water partition coefficient (Wildman–Crippen LogP) is 3.36. The Morgan fingerprint density at radius 1 is 1.23 bits per heavy atom. The highest BCUT2D eigenvalue weighted by Crippen LogP contribution is 2.26. The maximum Gasteiger partial charge on any atom is 0.258 e. The van der Waals surface area contributed by atoms with E-state index in [2.05, 4.69) is 4.98 Å². The van der Waals surface area contributed by atoms with Crippen LogP contribution in [0, 0.1) is 5.82 Å². The third-order valence-electron chi connectivity index (χ3n) is 4.80. The van der Waals surface area contributed by atoms with Crippen molar-refractivity contribution in [1.29, 1.82) is 0 Å². The van der Waals surface area contributed by atoms with Crippen LogP contribution in [-0.4, -0.2) is 35.5 Å². The molecule has 6 nitrogen and oxygen atoms in total. The van der Waals surface area contributed by atoms with Gasteiger partial charge < -0.3 is 19.8 Å². The number of hydrogen-bond acceptors (Lipinski definition) is 5. The zero-order valence-corrected chi connectivity index (χ0v) is 17.2. The third-order valence-corrected chi connectivity index (χ3v) is 4.80. The SMILES string of the molecule is Cl.NCCOc1ccc(F)cc1C(=O)N1CCc2oc(Cc3ccccc3)nc2C1. The van der Waals surface area contributed by atoms with Gasteiger partial charge in [0, 0.05) is 25.9 Å². The second-order valence-corrected chi connectivity index (χ2v) is 6.89. The number of carbonyl (C=O) groups is 1. The van der Waals surface area contributed by atoms with Gasteiger partial charge in [-0.25, -0.2) is 9.37 Å². The minimum absolute atomic E-state index is 0. The average Bonchev–Trinajstić information content (AvgIpc) is 3.14. The summed E-state index contributed by atoms with van der Waals surface area (Å²) in [4.78, 5) is 19.3. The van der Waals surface area contributed by atoms with Crippen molar-refractivity contribution >= 4 is 18.3 Å². The molecule has 0 saturated carbocycles. The first-order valence-corrected chi connectivity index (χ1v) is 9.57. The molecule has 2 heterocycles. The van der Waals surface area contributed by atoms with Gasteiger partial charge in [-0.05, 0) is 23.8 Å². The van der Waals surface area contributed by atoms with Gasteiger partial charge >= 0.3 is 0 Å². The van der Waals surface area contributed by atoms with E-state index in [9.17, 15) is 9.18 Å². The van der Waals surface area contributed by atoms with Crippen molar-refractivity contribution in [3.8, 4) is 5.75 Å². The van der Waals surface area contributed by atoms with Crippen molar-refractivity contribution in [3.63, 3.8) is 0 Å². The Bertz CT molecular complexity index is 1010. The second-order valence-electron chi connectivity index (χ2n) is 6.89. The van der Waals surface area contributed by atoms with E-state index in [1.165, 1.54) is 18.2 Å². The van der Waals surface area contributed by atoms with Crippen molar-refractivity contribution < 1.29 is 18.3 Å². The highest BCUT2D eigenvalue weighted by molar-refractivity contribution is 5.97. The predicted molar refractivity (Wildman–Crippen MR) is 112 cm³/mol. The van der Waals surface area contributed by atoms with Crippen molar-refractivity contribution in [2.75, 3.05) is 19.7 Å². The van der Waals surface area contributed by atoms with E-state index in [1.807, 2.05) is 30.3 Å². The van der Waals surface area contributed by atoms with E-state index in [1.54, 1.807) is 4.90 Å². The van der Waals surface area contributed by atoms with Gasteiger partial charge in [0.2, 0.25) is 0 Å². The summed E-state index contributed by atoms with van der Waals surface area (Å²) in [6, 6.07) is 13.9. The van der Waals surface area contributed by atoms with E-state index in [4.69, 9.17) is 14.9 Å². The molecule has 1 aliphatic heterocycles. The summed E-state index contributed by atoms with van der Waals surface area (Å²) >= 11 is 0. The summed E-state index contributed by atoms with van der Waals surface area (Å²) in [6.07, 6.45) is 1.17. The quantitative estimate of drug-likeness (QED) is 0.647. The van der Waals surface area contributed by atoms with Gasteiger partial charge in [0.15, 0.2) is 5.89 Å². The lowest BCUT2D eigenvalue weighted by molar-refractivity contribution is 0.0723. The fourth-order valence-corrected chi connectivity index (χ4v) is 3.41. The molecule has 0 bridgehead atoms. The number of fused-ring (bicyclic) bond motifs is 1. The summed E-state index contributed by atoms with van der Waals surface area (Å²) in [6.45, 7) is 1.35. The van der Waals surface area contributed by atoms with Crippen LogP contribution in [0.3, 0.4) is 0 Å². The normalized spacial score (nSPS) is 12.8. The number of benzene rings is 2. The molecule has 0 atom stereocenters. The number of nitrogens with two attached hydrogens (primary N) is 1. The standard InChI is InChI=1S/C22H22FN3O3.ClH/c23-16-6-7-19(28-11-9-24)17(13-16)22(27)26-10-8-20-18(14-26)25-21(29-20)12-15-4-2-1-3-5-15;/h1-7,13H,8-12,14,24H2;1H. The van der Waals surface area contributed by atoms with Crippen LogP contribution >= 0.6 is 12.4 Å². The second kappa shape index (κ2) is 9.73. The highest BCUT2D eigenvalue weighted by Gasteiger charge is 2.28. The van der Waals surface area contributed by atoms with Crippen molar-refractivity contribution in [2.24, 2.45) is 5.73 Å². The Labute approximate surface area is 180 Å². The van der Waals surface area contributed by atoms with Gasteiger partial charge in [-0.15, -0.1) is 12.4 Å². The Kier molecular flexibility index (Phi) is 7.07. The molecule has 158 valence electrons. The Morgan fingerprint density at radius 2 is 2.03 bits per heavy atom. The number of rotatable bonds is 6. The molecule has 1 amide bonds. The first-order valence-electron chi connectivity index (χ1n) is 9.57. The molecule has 0 aliphatic carbocycles. The Morgan fingerprint density at radius 3 is 2.80 bits per heavy atom. The van der Waals surface area contributed by atoms with Crippen LogP contribution in [0.4, 0.5) is 4.39 Å². The minimum Gasteiger partial charge on any atom is -0.491 e. The summed E-state index contributed by atoms with van der Waals surface area (Å²) in [5, 5.41) is 0. The molecular weight excluding hydrogens is 409 g/mol. The molecule has 3 aromatic rings. The van der Waals surface area contributed by atoms with Crippen LogP contribution in [0.25, 0.3) is 0 Å². The lowest BCUT2D eigenvalue weighted by Gasteiger charge is -2.26. The summed E-state index contributed by atoms with van der Waals surface area (Å²) in [5.74, 6) is 0.983. The molecule has 0 saturated heterocycles. The van der Waals surface area contributed by atoms with Gasteiger partial charge in [0.25, 0.3) is 5.91 Å². The molecule has 2 N–H and O–H groups in total. The molecule has 4 rings (SSSR count). The monoisotopic (exact) mass is 431 g/mol. The number of amides is 1. The summed E-state index contributed by atoms with van der Waals surface area (Å²) in [7, 11) is 0. The summed E-state index contributed by atoms with van der Waals surface area (Å²) < 4.78 is 25.2. The topological polar surface area (TPSA) is 81.6 Å². The van der Waals surface area contributed by atoms with Gasteiger partial charge in [0.1, 0.15) is 29.6 Å². The maximum atomic E-state index is 13.8. The molecule has 0 spiro atoms. The smallest absolute Gasteiger partial charge is 0.258 e. The van der Waals surface area contributed by atoms with Crippen LogP contribution in [-0.2, 0) is 19.4 Å². The number of oxazole rings is 1. The Hall–Kier alpha value is -2.90. The Balaban J connectivity index is 0.00000256.